The number of amides is 1. The van der Waals surface area contributed by atoms with Gasteiger partial charge in [0.1, 0.15) is 18.2 Å². The maximum atomic E-state index is 12.4. The Kier molecular flexibility index (Phi) is 5.65. The van der Waals surface area contributed by atoms with Gasteiger partial charge < -0.3 is 4.74 Å². The monoisotopic (exact) mass is 371 g/mol. The third-order valence-electron chi connectivity index (χ3n) is 4.39. The molecule has 0 aliphatic carbocycles. The second-order valence-electron chi connectivity index (χ2n) is 7.63. The molecule has 0 N–H and O–H groups in total. The van der Waals surface area contributed by atoms with Gasteiger partial charge in [-0.1, -0.05) is 42.5 Å². The number of carbonyl (C=O) groups is 2. The van der Waals surface area contributed by atoms with E-state index in [1.807, 2.05) is 42.5 Å². The Morgan fingerprint density at radius 2 is 1.85 bits per heavy atom. The van der Waals surface area contributed by atoms with E-state index < -0.39 is 23.7 Å². The van der Waals surface area contributed by atoms with E-state index in [0.717, 1.165) is 22.8 Å². The molecule has 1 fully saturated rings. The van der Waals surface area contributed by atoms with Crippen LogP contribution in [-0.4, -0.2) is 35.2 Å². The molecule has 0 saturated carbocycles. The molecule has 2 aromatic rings. The van der Waals surface area contributed by atoms with Crippen LogP contribution in [0.25, 0.3) is 10.8 Å². The number of hydrogen-bond acceptors (Lipinski definition) is 5. The number of likely N-dealkylation sites (tertiary alicyclic amines) is 1. The van der Waals surface area contributed by atoms with Crippen LogP contribution in [0.2, 0.25) is 0 Å². The van der Waals surface area contributed by atoms with Crippen LogP contribution in [0.1, 0.15) is 39.2 Å². The molecule has 1 amide bonds. The number of benzene rings is 2. The molecule has 1 heterocycles. The molecule has 0 bridgehead atoms. The predicted molar refractivity (Wildman–Crippen MR) is 101 cm³/mol. The summed E-state index contributed by atoms with van der Waals surface area (Å²) in [5, 5.41) is 2.14. The number of carbonyl (C=O) groups excluding carboxylic acids is 2. The van der Waals surface area contributed by atoms with E-state index in [1.165, 1.54) is 4.90 Å². The molecule has 1 atom stereocenters. The van der Waals surface area contributed by atoms with E-state index in [-0.39, 0.29) is 6.61 Å². The van der Waals surface area contributed by atoms with E-state index in [0.29, 0.717) is 13.0 Å². The topological polar surface area (TPSA) is 65.1 Å². The van der Waals surface area contributed by atoms with Crippen molar-refractivity contribution in [2.24, 2.45) is 0 Å². The average molecular weight is 371 g/mol. The second-order valence-corrected chi connectivity index (χ2v) is 7.63. The van der Waals surface area contributed by atoms with Crippen molar-refractivity contribution in [2.75, 3.05) is 6.54 Å². The Labute approximate surface area is 158 Å². The summed E-state index contributed by atoms with van der Waals surface area (Å²) in [4.78, 5) is 36.3. The van der Waals surface area contributed by atoms with Gasteiger partial charge in [0, 0.05) is 6.54 Å². The average Bonchev–Trinajstić information content (AvgIpc) is 3.10. The van der Waals surface area contributed by atoms with Gasteiger partial charge in [-0.15, -0.1) is 0 Å². The zero-order valence-electron chi connectivity index (χ0n) is 15.9. The summed E-state index contributed by atoms with van der Waals surface area (Å²) in [5.41, 5.74) is 0.315. The molecule has 27 heavy (non-hydrogen) atoms. The van der Waals surface area contributed by atoms with Gasteiger partial charge >= 0.3 is 12.1 Å². The Hall–Kier alpha value is -2.60. The Balaban J connectivity index is 1.58. The highest BCUT2D eigenvalue weighted by molar-refractivity contribution is 5.85. The summed E-state index contributed by atoms with van der Waals surface area (Å²) in [5.74, 6) is -0.571. The maximum absolute atomic E-state index is 12.4. The van der Waals surface area contributed by atoms with Crippen LogP contribution < -0.4 is 0 Å². The highest BCUT2D eigenvalue weighted by Crippen LogP contribution is 2.23. The van der Waals surface area contributed by atoms with Gasteiger partial charge in [-0.3, -0.25) is 9.79 Å². The van der Waals surface area contributed by atoms with Crippen molar-refractivity contribution in [3.05, 3.63) is 48.0 Å². The standard InChI is InChI=1S/C21H25NO5/c1-21(2,3)26-20(24)22-13-7-12-18(22)19(23)27-25-14-16-10-6-9-15-8-4-5-11-17(15)16/h4-6,8-11,18H,7,12-14H2,1-3H3. The summed E-state index contributed by atoms with van der Waals surface area (Å²) in [7, 11) is 0. The number of nitrogens with zero attached hydrogens (tertiary/aromatic N) is 1. The minimum absolute atomic E-state index is 0.145. The molecular formula is C21H25NO5. The lowest BCUT2D eigenvalue weighted by molar-refractivity contribution is -0.282. The van der Waals surface area contributed by atoms with Crippen LogP contribution in [0.4, 0.5) is 4.79 Å². The molecule has 2 aromatic carbocycles. The minimum atomic E-state index is -0.674. The summed E-state index contributed by atoms with van der Waals surface area (Å²) in [6, 6.07) is 13.1. The number of ether oxygens (including phenoxy) is 1. The highest BCUT2D eigenvalue weighted by Gasteiger charge is 2.38. The van der Waals surface area contributed by atoms with Crippen molar-refractivity contribution in [3.8, 4) is 0 Å². The van der Waals surface area contributed by atoms with Gasteiger partial charge in [0.05, 0.1) is 0 Å². The van der Waals surface area contributed by atoms with Crippen LogP contribution in [-0.2, 0) is 25.9 Å². The Bertz CT molecular complexity index is 821. The number of fused-ring (bicyclic) bond motifs is 1. The quantitative estimate of drug-likeness (QED) is 0.595. The maximum Gasteiger partial charge on any atom is 0.411 e. The smallest absolute Gasteiger partial charge is 0.411 e. The molecule has 1 saturated heterocycles. The lowest BCUT2D eigenvalue weighted by Crippen LogP contribution is -2.44. The van der Waals surface area contributed by atoms with Gasteiger partial charge in [0.2, 0.25) is 0 Å². The molecular weight excluding hydrogens is 346 g/mol. The van der Waals surface area contributed by atoms with Crippen molar-refractivity contribution < 1.29 is 24.1 Å². The molecule has 0 radical (unpaired) electrons. The van der Waals surface area contributed by atoms with E-state index in [2.05, 4.69) is 0 Å². The molecule has 6 nitrogen and oxygen atoms in total. The fourth-order valence-electron chi connectivity index (χ4n) is 3.18. The zero-order chi connectivity index (χ0) is 19.4. The van der Waals surface area contributed by atoms with Gasteiger partial charge in [0.15, 0.2) is 0 Å². The van der Waals surface area contributed by atoms with Crippen LogP contribution in [0.15, 0.2) is 42.5 Å². The molecule has 144 valence electrons. The van der Waals surface area contributed by atoms with Crippen LogP contribution in [0.5, 0.6) is 0 Å². The minimum Gasteiger partial charge on any atom is -0.444 e. The van der Waals surface area contributed by atoms with Gasteiger partial charge in [0.25, 0.3) is 0 Å². The first-order valence-corrected chi connectivity index (χ1v) is 9.15. The van der Waals surface area contributed by atoms with Gasteiger partial charge in [-0.25, -0.2) is 9.59 Å². The molecule has 1 aliphatic heterocycles. The molecule has 6 heteroatoms. The first-order valence-electron chi connectivity index (χ1n) is 9.15. The summed E-state index contributed by atoms with van der Waals surface area (Å²) >= 11 is 0. The largest absolute Gasteiger partial charge is 0.444 e. The third kappa shape index (κ3) is 4.77. The van der Waals surface area contributed by atoms with Crippen molar-refractivity contribution >= 4 is 22.8 Å². The molecule has 3 rings (SSSR count). The summed E-state index contributed by atoms with van der Waals surface area (Å²) < 4.78 is 5.36. The van der Waals surface area contributed by atoms with Gasteiger partial charge in [-0.05, 0) is 49.9 Å². The van der Waals surface area contributed by atoms with Crippen molar-refractivity contribution in [1.29, 1.82) is 0 Å². The van der Waals surface area contributed by atoms with Crippen LogP contribution in [0.3, 0.4) is 0 Å². The first kappa shape index (κ1) is 19.2. The fourth-order valence-corrected chi connectivity index (χ4v) is 3.18. The molecule has 0 spiro atoms. The Morgan fingerprint density at radius 3 is 2.63 bits per heavy atom. The molecule has 0 aromatic heterocycles. The molecule has 1 unspecified atom stereocenters. The van der Waals surface area contributed by atoms with Crippen molar-refractivity contribution in [2.45, 2.75) is 51.9 Å². The predicted octanol–water partition coefficient (Wildman–Crippen LogP) is 4.21. The SMILES string of the molecule is CC(C)(C)OC(=O)N1CCCC1C(=O)OOCc1cccc2ccccc12. The normalized spacial score (nSPS) is 17.1. The summed E-state index contributed by atoms with van der Waals surface area (Å²) in [6.07, 6.45) is 0.758. The lowest BCUT2D eigenvalue weighted by atomic mass is 10.1. The second kappa shape index (κ2) is 7.96. The lowest BCUT2D eigenvalue weighted by Gasteiger charge is -2.27. The third-order valence-corrected chi connectivity index (χ3v) is 4.39. The summed E-state index contributed by atoms with van der Waals surface area (Å²) in [6.45, 7) is 6.00. The molecule has 1 aliphatic rings. The highest BCUT2D eigenvalue weighted by atomic mass is 17.2. The van der Waals surface area contributed by atoms with Crippen molar-refractivity contribution in [3.63, 3.8) is 0 Å². The van der Waals surface area contributed by atoms with E-state index in [4.69, 9.17) is 14.5 Å². The fraction of sp³-hybridized carbons (Fsp3) is 0.429. The zero-order valence-corrected chi connectivity index (χ0v) is 15.9. The van der Waals surface area contributed by atoms with Crippen LogP contribution >= 0.6 is 0 Å². The first-order chi connectivity index (χ1) is 12.8. The number of hydrogen-bond donors (Lipinski definition) is 0. The van der Waals surface area contributed by atoms with Crippen molar-refractivity contribution in [1.82, 2.24) is 4.90 Å². The van der Waals surface area contributed by atoms with E-state index >= 15 is 0 Å². The van der Waals surface area contributed by atoms with Crippen LogP contribution in [0, 0.1) is 0 Å². The van der Waals surface area contributed by atoms with Gasteiger partial charge in [-0.2, -0.15) is 4.89 Å². The Morgan fingerprint density at radius 1 is 1.11 bits per heavy atom. The number of rotatable bonds is 4. The van der Waals surface area contributed by atoms with E-state index in [1.54, 1.807) is 20.8 Å². The van der Waals surface area contributed by atoms with E-state index in [9.17, 15) is 9.59 Å².